The summed E-state index contributed by atoms with van der Waals surface area (Å²) >= 11 is 0. The predicted octanol–water partition coefficient (Wildman–Crippen LogP) is 2.16. The third-order valence-corrected chi connectivity index (χ3v) is 7.98. The molecule has 3 aliphatic rings. The van der Waals surface area contributed by atoms with Crippen molar-refractivity contribution in [3.8, 4) is 0 Å². The molecular formula is C21H30N2O5S. The van der Waals surface area contributed by atoms with Gasteiger partial charge < -0.3 is 14.4 Å². The molecule has 3 fully saturated rings. The maximum absolute atomic E-state index is 13.0. The van der Waals surface area contributed by atoms with Gasteiger partial charge in [0.05, 0.1) is 30.6 Å². The van der Waals surface area contributed by atoms with E-state index >= 15 is 0 Å². The van der Waals surface area contributed by atoms with Gasteiger partial charge in [-0.3, -0.25) is 4.79 Å². The van der Waals surface area contributed by atoms with Crippen molar-refractivity contribution >= 4 is 15.9 Å². The molecule has 0 spiro atoms. The quantitative estimate of drug-likeness (QED) is 0.727. The van der Waals surface area contributed by atoms with Crippen molar-refractivity contribution in [2.75, 3.05) is 32.8 Å². The maximum atomic E-state index is 13.0. The zero-order chi connectivity index (χ0) is 20.3. The van der Waals surface area contributed by atoms with Crippen LogP contribution in [0.1, 0.15) is 44.1 Å². The SMILES string of the molecule is O=C(Cc1ccc(S(=O)(=O)N2CCCCC2)cc1)N1CCCCC1C1OCCO1. The Labute approximate surface area is 173 Å². The average molecular weight is 423 g/mol. The molecule has 160 valence electrons. The van der Waals surface area contributed by atoms with Crippen LogP contribution in [0.25, 0.3) is 0 Å². The number of likely N-dealkylation sites (tertiary alicyclic amines) is 1. The number of hydrogen-bond donors (Lipinski definition) is 0. The molecule has 3 saturated heterocycles. The first-order valence-electron chi connectivity index (χ1n) is 10.7. The Morgan fingerprint density at radius 2 is 1.59 bits per heavy atom. The number of hydrogen-bond acceptors (Lipinski definition) is 5. The third kappa shape index (κ3) is 4.66. The van der Waals surface area contributed by atoms with Gasteiger partial charge in [-0.2, -0.15) is 4.31 Å². The largest absolute Gasteiger partial charge is 0.348 e. The van der Waals surface area contributed by atoms with Gasteiger partial charge in [-0.05, 0) is 49.8 Å². The van der Waals surface area contributed by atoms with Crippen LogP contribution >= 0.6 is 0 Å². The summed E-state index contributed by atoms with van der Waals surface area (Å²) in [7, 11) is -3.44. The third-order valence-electron chi connectivity index (χ3n) is 6.06. The van der Waals surface area contributed by atoms with Gasteiger partial charge in [0.1, 0.15) is 0 Å². The summed E-state index contributed by atoms with van der Waals surface area (Å²) in [6, 6.07) is 6.75. The van der Waals surface area contributed by atoms with E-state index in [0.717, 1.165) is 44.1 Å². The second-order valence-corrected chi connectivity index (χ2v) is 9.98. The molecule has 29 heavy (non-hydrogen) atoms. The van der Waals surface area contributed by atoms with Gasteiger partial charge in [0.25, 0.3) is 0 Å². The number of sulfonamides is 1. The van der Waals surface area contributed by atoms with E-state index in [1.165, 1.54) is 0 Å². The Kier molecular flexibility index (Phi) is 6.53. The lowest BCUT2D eigenvalue weighted by Gasteiger charge is -2.38. The van der Waals surface area contributed by atoms with Crippen LogP contribution in [0, 0.1) is 0 Å². The zero-order valence-corrected chi connectivity index (χ0v) is 17.6. The van der Waals surface area contributed by atoms with E-state index in [0.29, 0.717) is 37.7 Å². The Hall–Kier alpha value is -1.48. The summed E-state index contributed by atoms with van der Waals surface area (Å²) in [4.78, 5) is 15.1. The standard InChI is InChI=1S/C21H30N2O5S/c24-20(23-13-5-2-6-19(23)21-27-14-15-28-21)16-17-7-9-18(10-8-17)29(25,26)22-11-3-1-4-12-22/h7-10,19,21H,1-6,11-16H2. The fraction of sp³-hybridized carbons (Fsp3) is 0.667. The molecule has 0 aliphatic carbocycles. The number of carbonyl (C=O) groups excluding carboxylic acids is 1. The minimum atomic E-state index is -3.44. The number of ether oxygens (including phenoxy) is 2. The molecular weight excluding hydrogens is 392 g/mol. The van der Waals surface area contributed by atoms with E-state index < -0.39 is 10.0 Å². The molecule has 0 bridgehead atoms. The summed E-state index contributed by atoms with van der Waals surface area (Å²) in [5, 5.41) is 0. The molecule has 1 amide bonds. The van der Waals surface area contributed by atoms with E-state index in [-0.39, 0.29) is 24.7 Å². The van der Waals surface area contributed by atoms with Gasteiger partial charge >= 0.3 is 0 Å². The van der Waals surface area contributed by atoms with Crippen LogP contribution in [-0.2, 0) is 30.7 Å². The van der Waals surface area contributed by atoms with E-state index in [4.69, 9.17) is 9.47 Å². The van der Waals surface area contributed by atoms with Crippen LogP contribution in [0.4, 0.5) is 0 Å². The van der Waals surface area contributed by atoms with E-state index in [9.17, 15) is 13.2 Å². The number of amides is 1. The van der Waals surface area contributed by atoms with Crippen LogP contribution in [-0.4, -0.2) is 68.7 Å². The molecule has 3 heterocycles. The highest BCUT2D eigenvalue weighted by molar-refractivity contribution is 7.89. The Morgan fingerprint density at radius 1 is 0.931 bits per heavy atom. The molecule has 1 aromatic rings. The number of piperidine rings is 2. The Balaban J connectivity index is 1.42. The predicted molar refractivity (Wildman–Crippen MR) is 108 cm³/mol. The smallest absolute Gasteiger partial charge is 0.243 e. The average Bonchev–Trinajstić information content (AvgIpc) is 3.29. The van der Waals surface area contributed by atoms with Gasteiger partial charge in [0, 0.05) is 19.6 Å². The van der Waals surface area contributed by atoms with Gasteiger partial charge in [-0.25, -0.2) is 8.42 Å². The molecule has 8 heteroatoms. The first-order valence-corrected chi connectivity index (χ1v) is 12.1. The minimum absolute atomic E-state index is 0.0301. The molecule has 3 aliphatic heterocycles. The molecule has 0 aromatic heterocycles. The van der Waals surface area contributed by atoms with Crippen LogP contribution in [0.2, 0.25) is 0 Å². The van der Waals surface area contributed by atoms with Crippen LogP contribution in [0.5, 0.6) is 0 Å². The highest BCUT2D eigenvalue weighted by atomic mass is 32.2. The van der Waals surface area contributed by atoms with Crippen molar-refractivity contribution in [2.45, 2.75) is 62.2 Å². The fourth-order valence-electron chi connectivity index (χ4n) is 4.46. The maximum Gasteiger partial charge on any atom is 0.243 e. The number of carbonyl (C=O) groups is 1. The fourth-order valence-corrected chi connectivity index (χ4v) is 5.98. The molecule has 0 radical (unpaired) electrons. The van der Waals surface area contributed by atoms with Crippen molar-refractivity contribution in [3.05, 3.63) is 29.8 Å². The molecule has 7 nitrogen and oxygen atoms in total. The van der Waals surface area contributed by atoms with Crippen molar-refractivity contribution in [2.24, 2.45) is 0 Å². The number of rotatable bonds is 5. The molecule has 1 unspecified atom stereocenters. The Morgan fingerprint density at radius 3 is 2.28 bits per heavy atom. The second kappa shape index (κ2) is 9.12. The molecule has 0 saturated carbocycles. The summed E-state index contributed by atoms with van der Waals surface area (Å²) in [6.45, 7) is 3.05. The van der Waals surface area contributed by atoms with Crippen molar-refractivity contribution in [1.82, 2.24) is 9.21 Å². The monoisotopic (exact) mass is 422 g/mol. The van der Waals surface area contributed by atoms with Gasteiger partial charge in [0.2, 0.25) is 15.9 Å². The molecule has 0 N–H and O–H groups in total. The molecule has 1 atom stereocenters. The van der Waals surface area contributed by atoms with E-state index in [2.05, 4.69) is 0 Å². The molecule has 4 rings (SSSR count). The highest BCUT2D eigenvalue weighted by Gasteiger charge is 2.36. The van der Waals surface area contributed by atoms with Gasteiger partial charge in [0.15, 0.2) is 6.29 Å². The highest BCUT2D eigenvalue weighted by Crippen LogP contribution is 2.26. The van der Waals surface area contributed by atoms with Crippen LogP contribution < -0.4 is 0 Å². The molecule has 1 aromatic carbocycles. The summed E-state index contributed by atoms with van der Waals surface area (Å²) < 4.78 is 38.4. The second-order valence-electron chi connectivity index (χ2n) is 8.05. The Bertz CT molecular complexity index is 799. The lowest BCUT2D eigenvalue weighted by Crippen LogP contribution is -2.50. The van der Waals surface area contributed by atoms with Gasteiger partial charge in [-0.1, -0.05) is 18.6 Å². The topological polar surface area (TPSA) is 76.2 Å². The summed E-state index contributed by atoms with van der Waals surface area (Å²) in [5.74, 6) is 0.0421. The van der Waals surface area contributed by atoms with Crippen molar-refractivity contribution < 1.29 is 22.7 Å². The summed E-state index contributed by atoms with van der Waals surface area (Å²) in [5.41, 5.74) is 0.824. The van der Waals surface area contributed by atoms with Crippen molar-refractivity contribution in [1.29, 1.82) is 0 Å². The lowest BCUT2D eigenvalue weighted by atomic mass is 10.00. The summed E-state index contributed by atoms with van der Waals surface area (Å²) in [6.07, 6.45) is 5.80. The first-order chi connectivity index (χ1) is 14.1. The van der Waals surface area contributed by atoms with E-state index in [1.807, 2.05) is 4.90 Å². The number of benzene rings is 1. The zero-order valence-electron chi connectivity index (χ0n) is 16.8. The van der Waals surface area contributed by atoms with Crippen molar-refractivity contribution in [3.63, 3.8) is 0 Å². The number of nitrogens with zero attached hydrogens (tertiary/aromatic N) is 2. The van der Waals surface area contributed by atoms with Crippen LogP contribution in [0.3, 0.4) is 0 Å². The van der Waals surface area contributed by atoms with Crippen LogP contribution in [0.15, 0.2) is 29.2 Å². The normalized spacial score (nSPS) is 24.7. The first kappa shape index (κ1) is 20.8. The van der Waals surface area contributed by atoms with E-state index in [1.54, 1.807) is 28.6 Å². The lowest BCUT2D eigenvalue weighted by molar-refractivity contribution is -0.149. The minimum Gasteiger partial charge on any atom is -0.348 e. The van der Waals surface area contributed by atoms with Gasteiger partial charge in [-0.15, -0.1) is 0 Å².